The number of rotatable bonds is 7. The van der Waals surface area contributed by atoms with E-state index in [1.807, 2.05) is 24.3 Å². The number of carbonyl (C=O) groups excluding carboxylic acids is 1. The number of benzene rings is 3. The number of hydrogen-bond donors (Lipinski definition) is 1. The van der Waals surface area contributed by atoms with Gasteiger partial charge in [-0.2, -0.15) is 4.31 Å². The minimum absolute atomic E-state index is 0.0160. The third kappa shape index (κ3) is 5.38. The lowest BCUT2D eigenvalue weighted by Gasteiger charge is -2.29. The van der Waals surface area contributed by atoms with Gasteiger partial charge in [0.05, 0.1) is 4.90 Å². The van der Waals surface area contributed by atoms with Crippen molar-refractivity contribution in [1.82, 2.24) is 4.31 Å². The summed E-state index contributed by atoms with van der Waals surface area (Å²) in [7, 11) is -4.07. The van der Waals surface area contributed by atoms with E-state index in [1.54, 1.807) is 30.3 Å². The minimum atomic E-state index is -4.07. The van der Waals surface area contributed by atoms with Gasteiger partial charge in [-0.15, -0.1) is 0 Å². The van der Waals surface area contributed by atoms with Crippen molar-refractivity contribution in [2.45, 2.75) is 43.7 Å². The van der Waals surface area contributed by atoms with Gasteiger partial charge in [0.2, 0.25) is 15.9 Å². The van der Waals surface area contributed by atoms with Gasteiger partial charge < -0.3 is 5.73 Å². The number of amides is 1. The molecule has 5 nitrogen and oxygen atoms in total. The van der Waals surface area contributed by atoms with Crippen LogP contribution in [-0.2, 0) is 26.8 Å². The average molecular weight is 471 g/mol. The van der Waals surface area contributed by atoms with E-state index in [0.717, 1.165) is 15.4 Å². The van der Waals surface area contributed by atoms with Crippen molar-refractivity contribution in [3.63, 3.8) is 0 Å². The molecule has 0 saturated carbocycles. The van der Waals surface area contributed by atoms with Crippen LogP contribution in [0, 0.1) is 0 Å². The van der Waals surface area contributed by atoms with Crippen LogP contribution in [0.3, 0.4) is 0 Å². The standard InChI is InChI=1S/C25H27ClN2O3S/c1-25(2,3)20-11-9-18(10-12-20)17-28(23(24(27)29)19-7-5-4-6-8-19)32(30,31)22-15-13-21(26)14-16-22/h4-16,23H,17H2,1-3H3,(H2,27,29)/t23-/m1/s1. The fourth-order valence-corrected chi connectivity index (χ4v) is 5.15. The van der Waals surface area contributed by atoms with Crippen LogP contribution in [0.5, 0.6) is 0 Å². The number of halogens is 1. The zero-order valence-electron chi connectivity index (χ0n) is 18.3. The van der Waals surface area contributed by atoms with Crippen LogP contribution >= 0.6 is 11.6 Å². The molecule has 0 heterocycles. The monoisotopic (exact) mass is 470 g/mol. The number of nitrogens with two attached hydrogens (primary N) is 1. The van der Waals surface area contributed by atoms with Crippen molar-refractivity contribution in [2.24, 2.45) is 5.73 Å². The summed E-state index contributed by atoms with van der Waals surface area (Å²) in [6.45, 7) is 6.31. The molecule has 3 aromatic carbocycles. The molecule has 3 rings (SSSR count). The van der Waals surface area contributed by atoms with Gasteiger partial charge in [0, 0.05) is 11.6 Å². The highest BCUT2D eigenvalue weighted by molar-refractivity contribution is 7.89. The fraction of sp³-hybridized carbons (Fsp3) is 0.240. The highest BCUT2D eigenvalue weighted by Gasteiger charge is 2.36. The molecule has 0 fully saturated rings. The smallest absolute Gasteiger partial charge is 0.244 e. The number of carbonyl (C=O) groups is 1. The molecule has 0 unspecified atom stereocenters. The van der Waals surface area contributed by atoms with Crippen molar-refractivity contribution in [3.05, 3.63) is 101 Å². The van der Waals surface area contributed by atoms with Crippen LogP contribution in [0.2, 0.25) is 5.02 Å². The molecule has 0 aliphatic heterocycles. The summed E-state index contributed by atoms with van der Waals surface area (Å²) in [4.78, 5) is 12.6. The second-order valence-electron chi connectivity index (χ2n) is 8.67. The van der Waals surface area contributed by atoms with Gasteiger partial charge in [0.15, 0.2) is 0 Å². The first-order valence-corrected chi connectivity index (χ1v) is 12.0. The Kier molecular flexibility index (Phi) is 7.08. The topological polar surface area (TPSA) is 80.5 Å². The summed E-state index contributed by atoms with van der Waals surface area (Å²) in [6, 6.07) is 21.1. The summed E-state index contributed by atoms with van der Waals surface area (Å²) in [5.74, 6) is -0.750. The van der Waals surface area contributed by atoms with E-state index >= 15 is 0 Å². The molecule has 0 aromatic heterocycles. The summed E-state index contributed by atoms with van der Waals surface area (Å²) in [5, 5.41) is 0.419. The summed E-state index contributed by atoms with van der Waals surface area (Å²) in [6.07, 6.45) is 0. The second-order valence-corrected chi connectivity index (χ2v) is 11.0. The largest absolute Gasteiger partial charge is 0.368 e. The maximum atomic E-state index is 13.7. The van der Waals surface area contributed by atoms with Gasteiger partial charge in [-0.3, -0.25) is 4.79 Å². The molecule has 0 radical (unpaired) electrons. The lowest BCUT2D eigenvalue weighted by Crippen LogP contribution is -2.41. The number of nitrogens with zero attached hydrogens (tertiary/aromatic N) is 1. The summed E-state index contributed by atoms with van der Waals surface area (Å²) >= 11 is 5.95. The highest BCUT2D eigenvalue weighted by Crippen LogP contribution is 2.31. The van der Waals surface area contributed by atoms with Crippen LogP contribution in [0.4, 0.5) is 0 Å². The van der Waals surface area contributed by atoms with Crippen molar-refractivity contribution < 1.29 is 13.2 Å². The van der Waals surface area contributed by atoms with E-state index < -0.39 is 22.0 Å². The van der Waals surface area contributed by atoms with Crippen LogP contribution in [-0.4, -0.2) is 18.6 Å². The molecule has 1 atom stereocenters. The lowest BCUT2D eigenvalue weighted by atomic mass is 9.87. The predicted molar refractivity (Wildman–Crippen MR) is 128 cm³/mol. The van der Waals surface area contributed by atoms with Crippen LogP contribution in [0.1, 0.15) is 43.5 Å². The van der Waals surface area contributed by atoms with Crippen LogP contribution in [0.15, 0.2) is 83.8 Å². The van der Waals surface area contributed by atoms with Crippen molar-refractivity contribution in [2.75, 3.05) is 0 Å². The Morgan fingerprint density at radius 2 is 1.50 bits per heavy atom. The van der Waals surface area contributed by atoms with Crippen LogP contribution in [0.25, 0.3) is 0 Å². The molecule has 3 aromatic rings. The first-order valence-electron chi connectivity index (χ1n) is 10.2. The normalized spacial score (nSPS) is 13.2. The van der Waals surface area contributed by atoms with Gasteiger partial charge in [-0.25, -0.2) is 8.42 Å². The van der Waals surface area contributed by atoms with Gasteiger partial charge in [0.25, 0.3) is 0 Å². The molecule has 1 amide bonds. The molecule has 0 aliphatic rings. The van der Waals surface area contributed by atoms with Crippen LogP contribution < -0.4 is 5.73 Å². The van der Waals surface area contributed by atoms with E-state index in [2.05, 4.69) is 20.8 Å². The number of hydrogen-bond acceptors (Lipinski definition) is 3. The van der Waals surface area contributed by atoms with E-state index in [9.17, 15) is 13.2 Å². The third-order valence-electron chi connectivity index (χ3n) is 5.25. The SMILES string of the molecule is CC(C)(C)c1ccc(CN([C@@H](C(N)=O)c2ccccc2)S(=O)(=O)c2ccc(Cl)cc2)cc1. The molecule has 7 heteroatoms. The molecular weight excluding hydrogens is 444 g/mol. The molecule has 0 bridgehead atoms. The van der Waals surface area contributed by atoms with E-state index in [-0.39, 0.29) is 16.9 Å². The van der Waals surface area contributed by atoms with E-state index in [4.69, 9.17) is 17.3 Å². The molecule has 0 saturated heterocycles. The fourth-order valence-electron chi connectivity index (χ4n) is 3.45. The molecular formula is C25H27ClN2O3S. The minimum Gasteiger partial charge on any atom is -0.368 e. The van der Waals surface area contributed by atoms with E-state index in [1.165, 1.54) is 24.3 Å². The molecule has 2 N–H and O–H groups in total. The van der Waals surface area contributed by atoms with Crippen molar-refractivity contribution in [1.29, 1.82) is 0 Å². The quantitative estimate of drug-likeness (QED) is 0.524. The zero-order chi connectivity index (χ0) is 23.5. The van der Waals surface area contributed by atoms with Crippen molar-refractivity contribution in [3.8, 4) is 0 Å². The Hall–Kier alpha value is -2.67. The molecule has 0 aliphatic carbocycles. The summed E-state index contributed by atoms with van der Waals surface area (Å²) in [5.41, 5.74) is 8.08. The first kappa shape index (κ1) is 24.0. The zero-order valence-corrected chi connectivity index (χ0v) is 19.9. The highest BCUT2D eigenvalue weighted by atomic mass is 35.5. The summed E-state index contributed by atoms with van der Waals surface area (Å²) < 4.78 is 28.5. The molecule has 168 valence electrons. The van der Waals surface area contributed by atoms with Crippen molar-refractivity contribution >= 4 is 27.5 Å². The third-order valence-corrected chi connectivity index (χ3v) is 7.33. The van der Waals surface area contributed by atoms with E-state index in [0.29, 0.717) is 10.6 Å². The number of primary amides is 1. The first-order chi connectivity index (χ1) is 15.0. The van der Waals surface area contributed by atoms with Gasteiger partial charge in [0.1, 0.15) is 6.04 Å². The Morgan fingerprint density at radius 3 is 2.00 bits per heavy atom. The number of sulfonamides is 1. The van der Waals surface area contributed by atoms with Gasteiger partial charge >= 0.3 is 0 Å². The average Bonchev–Trinajstić information content (AvgIpc) is 2.74. The Balaban J connectivity index is 2.10. The maximum Gasteiger partial charge on any atom is 0.244 e. The second kappa shape index (κ2) is 9.45. The molecule has 32 heavy (non-hydrogen) atoms. The van der Waals surface area contributed by atoms with Gasteiger partial charge in [-0.05, 0) is 46.4 Å². The predicted octanol–water partition coefficient (Wildman–Crippen LogP) is 5.06. The lowest BCUT2D eigenvalue weighted by molar-refractivity contribution is -0.122. The maximum absolute atomic E-state index is 13.7. The Bertz CT molecular complexity index is 1170. The Morgan fingerprint density at radius 1 is 0.938 bits per heavy atom. The van der Waals surface area contributed by atoms with Gasteiger partial charge in [-0.1, -0.05) is 87.0 Å². The molecule has 0 spiro atoms. The Labute approximate surface area is 194 Å².